The van der Waals surface area contributed by atoms with E-state index in [0.29, 0.717) is 0 Å². The molecule has 0 fully saturated rings. The quantitative estimate of drug-likeness (QED) is 0.524. The van der Waals surface area contributed by atoms with Gasteiger partial charge in [-0.25, -0.2) is 0 Å². The zero-order chi connectivity index (χ0) is 7.82. The van der Waals surface area contributed by atoms with Gasteiger partial charge in [0.25, 0.3) is 0 Å². The number of hydrogen-bond donors (Lipinski definition) is 2. The summed E-state index contributed by atoms with van der Waals surface area (Å²) in [5, 5.41) is 0. The summed E-state index contributed by atoms with van der Waals surface area (Å²) in [5.74, 6) is 0. The highest BCUT2D eigenvalue weighted by Gasteiger charge is 1.66. The smallest absolute Gasteiger partial charge is 0.0491 e. The molecule has 56 valence electrons. The normalized spacial score (nSPS) is 8.40. The first kappa shape index (κ1) is 9.14. The zero-order valence-electron chi connectivity index (χ0n) is 6.20. The van der Waals surface area contributed by atoms with Crippen LogP contribution >= 0.6 is 0 Å². The third-order valence-corrected chi connectivity index (χ3v) is 0.667. The average Bonchev–Trinajstić information content (AvgIpc) is 1.90. The molecular formula is C8H14N2. The van der Waals surface area contributed by atoms with E-state index in [0.717, 1.165) is 0 Å². The van der Waals surface area contributed by atoms with Crippen LogP contribution in [0.15, 0.2) is 36.4 Å². The highest BCUT2D eigenvalue weighted by molar-refractivity contribution is 4.99. The van der Waals surface area contributed by atoms with Crippen LogP contribution in [0, 0.1) is 0 Å². The van der Waals surface area contributed by atoms with Gasteiger partial charge in [-0.1, -0.05) is 36.4 Å². The van der Waals surface area contributed by atoms with Crippen LogP contribution < -0.4 is 11.5 Å². The van der Waals surface area contributed by atoms with Gasteiger partial charge in [-0.05, 0) is 6.92 Å². The summed E-state index contributed by atoms with van der Waals surface area (Å²) in [6.07, 6.45) is -0.167. The van der Waals surface area contributed by atoms with Gasteiger partial charge in [0.15, 0.2) is 0 Å². The molecule has 0 aliphatic carbocycles. The highest BCUT2D eigenvalue weighted by atomic mass is 14.8. The molecule has 2 heteroatoms. The van der Waals surface area contributed by atoms with E-state index in [1.54, 1.807) is 6.92 Å². The highest BCUT2D eigenvalue weighted by Crippen LogP contribution is 1.79. The predicted molar refractivity (Wildman–Crippen MR) is 44.3 cm³/mol. The lowest BCUT2D eigenvalue weighted by Crippen LogP contribution is -2.25. The molecule has 0 radical (unpaired) electrons. The maximum atomic E-state index is 4.89. The Balaban J connectivity index is 0.000000180. The van der Waals surface area contributed by atoms with Gasteiger partial charge >= 0.3 is 0 Å². The van der Waals surface area contributed by atoms with Crippen molar-refractivity contribution in [1.29, 1.82) is 0 Å². The van der Waals surface area contributed by atoms with Crippen LogP contribution in [0.2, 0.25) is 0 Å². The largest absolute Gasteiger partial charge is 0.316 e. The van der Waals surface area contributed by atoms with Crippen molar-refractivity contribution in [2.75, 3.05) is 0 Å². The molecule has 0 unspecified atom stereocenters. The van der Waals surface area contributed by atoms with Crippen molar-refractivity contribution in [3.05, 3.63) is 36.4 Å². The lowest BCUT2D eigenvalue weighted by molar-refractivity contribution is 0.790. The predicted octanol–water partition coefficient (Wildman–Crippen LogP) is 0.936. The van der Waals surface area contributed by atoms with Crippen LogP contribution in [0.5, 0.6) is 0 Å². The second-order valence-corrected chi connectivity index (χ2v) is 2.01. The SMILES string of the molecule is CC(N)N.c1ccccc1. The molecule has 0 aliphatic heterocycles. The van der Waals surface area contributed by atoms with Gasteiger partial charge in [0.05, 0.1) is 0 Å². The van der Waals surface area contributed by atoms with E-state index in [9.17, 15) is 0 Å². The van der Waals surface area contributed by atoms with E-state index >= 15 is 0 Å². The van der Waals surface area contributed by atoms with Crippen LogP contribution in [0.4, 0.5) is 0 Å². The Hall–Kier alpha value is -0.860. The molecule has 4 N–H and O–H groups in total. The van der Waals surface area contributed by atoms with Gasteiger partial charge in [-0.3, -0.25) is 0 Å². The molecule has 1 aromatic carbocycles. The number of rotatable bonds is 0. The van der Waals surface area contributed by atoms with Crippen molar-refractivity contribution in [3.63, 3.8) is 0 Å². The molecule has 0 bridgehead atoms. The summed E-state index contributed by atoms with van der Waals surface area (Å²) >= 11 is 0. The summed E-state index contributed by atoms with van der Waals surface area (Å²) in [4.78, 5) is 0. The van der Waals surface area contributed by atoms with Crippen molar-refractivity contribution >= 4 is 0 Å². The standard InChI is InChI=1S/C6H6.C2H8N2/c1-2-4-6-5-3-1;1-2(3)4/h1-6H;2H,3-4H2,1H3. The Kier molecular flexibility index (Phi) is 5.72. The number of hydrogen-bond acceptors (Lipinski definition) is 2. The lowest BCUT2D eigenvalue weighted by Gasteiger charge is -1.83. The molecule has 0 atom stereocenters. The van der Waals surface area contributed by atoms with Crippen LogP contribution in [0.1, 0.15) is 6.92 Å². The summed E-state index contributed by atoms with van der Waals surface area (Å²) in [6, 6.07) is 12.0. The van der Waals surface area contributed by atoms with Gasteiger partial charge in [0.1, 0.15) is 0 Å². The molecular weight excluding hydrogens is 124 g/mol. The summed E-state index contributed by atoms with van der Waals surface area (Å²) in [6.45, 7) is 1.72. The van der Waals surface area contributed by atoms with Crippen molar-refractivity contribution in [1.82, 2.24) is 0 Å². The van der Waals surface area contributed by atoms with Gasteiger partial charge in [0, 0.05) is 6.17 Å². The van der Waals surface area contributed by atoms with Gasteiger partial charge in [-0.15, -0.1) is 0 Å². The zero-order valence-corrected chi connectivity index (χ0v) is 6.20. The van der Waals surface area contributed by atoms with E-state index in [1.807, 2.05) is 36.4 Å². The maximum Gasteiger partial charge on any atom is 0.0491 e. The Morgan fingerprint density at radius 1 is 0.800 bits per heavy atom. The topological polar surface area (TPSA) is 52.0 Å². The summed E-state index contributed by atoms with van der Waals surface area (Å²) < 4.78 is 0. The third-order valence-electron chi connectivity index (χ3n) is 0.667. The molecule has 0 heterocycles. The Bertz CT molecular complexity index is 108. The molecule has 0 spiro atoms. The second-order valence-electron chi connectivity index (χ2n) is 2.01. The van der Waals surface area contributed by atoms with Crippen molar-refractivity contribution in [2.45, 2.75) is 13.1 Å². The summed E-state index contributed by atoms with van der Waals surface area (Å²) in [5.41, 5.74) is 9.78. The van der Waals surface area contributed by atoms with Crippen LogP contribution in [-0.2, 0) is 0 Å². The molecule has 0 amide bonds. The molecule has 0 aliphatic rings. The first-order chi connectivity index (χ1) is 4.73. The molecule has 1 rings (SSSR count). The van der Waals surface area contributed by atoms with Gasteiger partial charge in [0.2, 0.25) is 0 Å². The molecule has 0 aromatic heterocycles. The fraction of sp³-hybridized carbons (Fsp3) is 0.250. The van der Waals surface area contributed by atoms with Crippen LogP contribution in [-0.4, -0.2) is 6.17 Å². The maximum absolute atomic E-state index is 4.89. The molecule has 2 nitrogen and oxygen atoms in total. The monoisotopic (exact) mass is 138 g/mol. The minimum absolute atomic E-state index is 0.167. The van der Waals surface area contributed by atoms with Crippen LogP contribution in [0.25, 0.3) is 0 Å². The minimum Gasteiger partial charge on any atom is -0.316 e. The Morgan fingerprint density at radius 2 is 0.900 bits per heavy atom. The molecule has 1 aromatic rings. The van der Waals surface area contributed by atoms with E-state index in [4.69, 9.17) is 11.5 Å². The van der Waals surface area contributed by atoms with E-state index < -0.39 is 0 Å². The minimum atomic E-state index is -0.167. The van der Waals surface area contributed by atoms with E-state index in [-0.39, 0.29) is 6.17 Å². The molecule has 0 saturated carbocycles. The number of nitrogens with two attached hydrogens (primary N) is 2. The summed E-state index contributed by atoms with van der Waals surface area (Å²) in [7, 11) is 0. The average molecular weight is 138 g/mol. The Labute approximate surface area is 61.8 Å². The van der Waals surface area contributed by atoms with Crippen molar-refractivity contribution < 1.29 is 0 Å². The fourth-order valence-electron chi connectivity index (χ4n) is 0.385. The van der Waals surface area contributed by atoms with Crippen molar-refractivity contribution in [3.8, 4) is 0 Å². The molecule has 10 heavy (non-hydrogen) atoms. The van der Waals surface area contributed by atoms with Gasteiger partial charge in [-0.2, -0.15) is 0 Å². The fourth-order valence-corrected chi connectivity index (χ4v) is 0.385. The van der Waals surface area contributed by atoms with Crippen molar-refractivity contribution in [2.24, 2.45) is 11.5 Å². The van der Waals surface area contributed by atoms with E-state index in [2.05, 4.69) is 0 Å². The lowest BCUT2D eigenvalue weighted by atomic mass is 10.4. The first-order valence-electron chi connectivity index (χ1n) is 3.24. The second kappa shape index (κ2) is 6.26. The Morgan fingerprint density at radius 3 is 1.00 bits per heavy atom. The third kappa shape index (κ3) is 10.2. The molecule has 0 saturated heterocycles. The van der Waals surface area contributed by atoms with Crippen LogP contribution in [0.3, 0.4) is 0 Å². The van der Waals surface area contributed by atoms with Gasteiger partial charge < -0.3 is 11.5 Å². The first-order valence-corrected chi connectivity index (χ1v) is 3.24. The number of benzene rings is 1. The van der Waals surface area contributed by atoms with E-state index in [1.165, 1.54) is 0 Å².